The van der Waals surface area contributed by atoms with Gasteiger partial charge in [-0.15, -0.1) is 0 Å². The minimum absolute atomic E-state index is 0.00207. The number of aliphatic hydroxyl groups excluding tert-OH is 2. The van der Waals surface area contributed by atoms with Crippen LogP contribution >= 0.6 is 0 Å². The number of benzene rings is 1. The Balaban J connectivity index is 1.82. The third kappa shape index (κ3) is 5.37. The first kappa shape index (κ1) is 25.6. The van der Waals surface area contributed by atoms with E-state index in [-0.39, 0.29) is 18.4 Å². The second-order valence-corrected chi connectivity index (χ2v) is 10.3. The number of ether oxygens (including phenoxy) is 2. The van der Waals surface area contributed by atoms with Crippen LogP contribution in [0.5, 0.6) is 0 Å². The van der Waals surface area contributed by atoms with E-state index in [1.54, 1.807) is 41.5 Å². The smallest absolute Gasteiger partial charge is 0.424 e. The number of rotatable bonds is 2. The van der Waals surface area contributed by atoms with E-state index in [4.69, 9.17) is 9.47 Å². The largest absolute Gasteiger partial charge is 0.444 e. The molecular weight excluding hydrogens is 446 g/mol. The number of aliphatic hydroxyl groups is 2. The molecule has 0 aliphatic carbocycles. The highest BCUT2D eigenvalue weighted by molar-refractivity contribution is 6.12. The Labute approximate surface area is 197 Å². The summed E-state index contributed by atoms with van der Waals surface area (Å²) in [5.41, 5.74) is -0.705. The Morgan fingerprint density at radius 2 is 1.56 bits per heavy atom. The molecule has 3 N–H and O–H groups in total. The van der Waals surface area contributed by atoms with Gasteiger partial charge in [0.1, 0.15) is 23.7 Å². The third-order valence-electron chi connectivity index (χ3n) is 5.18. The molecule has 1 saturated heterocycles. The van der Waals surface area contributed by atoms with Crippen LogP contribution in [0.3, 0.4) is 0 Å². The zero-order valence-corrected chi connectivity index (χ0v) is 20.1. The highest BCUT2D eigenvalue weighted by Gasteiger charge is 2.49. The van der Waals surface area contributed by atoms with E-state index in [1.165, 1.54) is 18.2 Å². The van der Waals surface area contributed by atoms with Crippen molar-refractivity contribution in [1.29, 1.82) is 0 Å². The van der Waals surface area contributed by atoms with Gasteiger partial charge in [0, 0.05) is 23.2 Å². The van der Waals surface area contributed by atoms with Crippen LogP contribution in [0.25, 0.3) is 0 Å². The summed E-state index contributed by atoms with van der Waals surface area (Å²) < 4.78 is 10.4. The van der Waals surface area contributed by atoms with E-state index in [1.807, 2.05) is 0 Å². The zero-order valence-electron chi connectivity index (χ0n) is 20.1. The lowest BCUT2D eigenvalue weighted by Crippen LogP contribution is -2.57. The number of hydrogen-bond donors (Lipinski definition) is 3. The number of likely N-dealkylation sites (tertiary alicyclic amines) is 1. The first-order valence-corrected chi connectivity index (χ1v) is 11.0. The molecule has 3 rings (SSSR count). The summed E-state index contributed by atoms with van der Waals surface area (Å²) in [6.45, 7) is 9.98. The molecule has 0 radical (unpaired) electrons. The van der Waals surface area contributed by atoms with E-state index < -0.39 is 53.7 Å². The van der Waals surface area contributed by atoms with E-state index in [0.29, 0.717) is 16.2 Å². The van der Waals surface area contributed by atoms with Crippen molar-refractivity contribution in [2.75, 3.05) is 5.32 Å². The van der Waals surface area contributed by atoms with Gasteiger partial charge in [0.25, 0.3) is 5.91 Å². The molecule has 1 aromatic carbocycles. The Morgan fingerprint density at radius 3 is 2.15 bits per heavy atom. The third-order valence-corrected chi connectivity index (χ3v) is 5.18. The zero-order chi connectivity index (χ0) is 25.6. The number of carbonyl (C=O) groups is 4. The summed E-state index contributed by atoms with van der Waals surface area (Å²) in [5.74, 6) is -1.59. The molecule has 34 heavy (non-hydrogen) atoms. The fourth-order valence-corrected chi connectivity index (χ4v) is 3.87. The molecule has 2 aliphatic heterocycles. The molecule has 1 aromatic rings. The van der Waals surface area contributed by atoms with Gasteiger partial charge in [0.05, 0.1) is 6.04 Å². The number of hydrogen-bond acceptors (Lipinski definition) is 9. The molecule has 11 heteroatoms. The SMILES string of the molecule is CC(C)(C)OC(=O)Nc1ccc2c(c1)C(O)N(C1CCC(=O)N(C(=O)OC(C)(C)C)C1=O)C2O. The Morgan fingerprint density at radius 1 is 0.971 bits per heavy atom. The molecule has 0 bridgehead atoms. The number of amides is 4. The van der Waals surface area contributed by atoms with Crippen LogP contribution in [0, 0.1) is 0 Å². The van der Waals surface area contributed by atoms with Gasteiger partial charge in [-0.1, -0.05) is 6.07 Å². The fourth-order valence-electron chi connectivity index (χ4n) is 3.87. The lowest BCUT2D eigenvalue weighted by Gasteiger charge is -2.37. The summed E-state index contributed by atoms with van der Waals surface area (Å²) in [7, 11) is 0. The molecule has 0 saturated carbocycles. The number of nitrogens with one attached hydrogen (secondary N) is 1. The second-order valence-electron chi connectivity index (χ2n) is 10.3. The van der Waals surface area contributed by atoms with Crippen molar-refractivity contribution in [1.82, 2.24) is 9.80 Å². The molecule has 3 atom stereocenters. The number of fused-ring (bicyclic) bond motifs is 1. The van der Waals surface area contributed by atoms with Gasteiger partial charge in [-0.3, -0.25) is 14.9 Å². The maximum absolute atomic E-state index is 13.1. The molecule has 0 aromatic heterocycles. The van der Waals surface area contributed by atoms with Gasteiger partial charge in [0.15, 0.2) is 0 Å². The van der Waals surface area contributed by atoms with Crippen LogP contribution in [0.1, 0.15) is 78.0 Å². The van der Waals surface area contributed by atoms with Gasteiger partial charge < -0.3 is 19.7 Å². The first-order chi connectivity index (χ1) is 15.6. The number of piperidine rings is 1. The summed E-state index contributed by atoms with van der Waals surface area (Å²) in [4.78, 5) is 51.6. The summed E-state index contributed by atoms with van der Waals surface area (Å²) in [6, 6.07) is 3.36. The van der Waals surface area contributed by atoms with Crippen molar-refractivity contribution in [2.45, 2.75) is 84.1 Å². The van der Waals surface area contributed by atoms with Crippen molar-refractivity contribution in [2.24, 2.45) is 0 Å². The lowest BCUT2D eigenvalue weighted by molar-refractivity contribution is -0.165. The normalized spacial score (nSPS) is 23.5. The van der Waals surface area contributed by atoms with Crippen molar-refractivity contribution in [3.05, 3.63) is 29.3 Å². The molecule has 4 amide bonds. The fraction of sp³-hybridized carbons (Fsp3) is 0.565. The first-order valence-electron chi connectivity index (χ1n) is 11.0. The van der Waals surface area contributed by atoms with Gasteiger partial charge in [0.2, 0.25) is 5.91 Å². The minimum atomic E-state index is -1.42. The van der Waals surface area contributed by atoms with Crippen LogP contribution in [-0.2, 0) is 19.1 Å². The van der Waals surface area contributed by atoms with Crippen LogP contribution in [0.15, 0.2) is 18.2 Å². The van der Waals surface area contributed by atoms with Crippen molar-refractivity contribution in [3.8, 4) is 0 Å². The van der Waals surface area contributed by atoms with Crippen LogP contribution in [-0.4, -0.2) is 61.3 Å². The molecule has 2 aliphatic rings. The van der Waals surface area contributed by atoms with Crippen molar-refractivity contribution < 1.29 is 38.9 Å². The number of anilines is 1. The van der Waals surface area contributed by atoms with E-state index >= 15 is 0 Å². The molecule has 186 valence electrons. The maximum atomic E-state index is 13.1. The van der Waals surface area contributed by atoms with Crippen LogP contribution < -0.4 is 5.32 Å². The van der Waals surface area contributed by atoms with Gasteiger partial charge in [-0.05, 0) is 60.1 Å². The molecular formula is C23H31N3O8. The predicted molar refractivity (Wildman–Crippen MR) is 119 cm³/mol. The average molecular weight is 478 g/mol. The van der Waals surface area contributed by atoms with Crippen molar-refractivity contribution >= 4 is 29.7 Å². The summed E-state index contributed by atoms with van der Waals surface area (Å²) >= 11 is 0. The monoisotopic (exact) mass is 477 g/mol. The predicted octanol–water partition coefficient (Wildman–Crippen LogP) is 2.78. The Bertz CT molecular complexity index is 1010. The van der Waals surface area contributed by atoms with Gasteiger partial charge in [-0.2, -0.15) is 4.90 Å². The lowest BCUT2D eigenvalue weighted by atomic mass is 10.0. The Hall–Kier alpha value is -3.02. The van der Waals surface area contributed by atoms with E-state index in [2.05, 4.69) is 5.32 Å². The molecule has 1 fully saturated rings. The van der Waals surface area contributed by atoms with Crippen LogP contribution in [0.4, 0.5) is 15.3 Å². The average Bonchev–Trinajstić information content (AvgIpc) is 2.89. The van der Waals surface area contributed by atoms with Crippen LogP contribution in [0.2, 0.25) is 0 Å². The number of imide groups is 3. The minimum Gasteiger partial charge on any atom is -0.444 e. The molecule has 11 nitrogen and oxygen atoms in total. The topological polar surface area (TPSA) is 146 Å². The van der Waals surface area contributed by atoms with E-state index in [0.717, 1.165) is 4.90 Å². The number of carbonyl (C=O) groups excluding carboxylic acids is 4. The molecule has 3 unspecified atom stereocenters. The van der Waals surface area contributed by atoms with Crippen molar-refractivity contribution in [3.63, 3.8) is 0 Å². The standard InChI is InChI=1S/C23H31N3O8/c1-22(2,3)33-20(31)24-12-7-8-13-14(11-12)18(29)25(17(13)28)15-9-10-16(27)26(19(15)30)21(32)34-23(4,5)6/h7-8,11,15,17-18,28-29H,9-10H2,1-6H3,(H,24,31). The quantitative estimate of drug-likeness (QED) is 0.547. The maximum Gasteiger partial charge on any atom is 0.424 e. The summed E-state index contributed by atoms with van der Waals surface area (Å²) in [5, 5.41) is 24.4. The summed E-state index contributed by atoms with van der Waals surface area (Å²) in [6.07, 6.45) is -4.73. The van der Waals surface area contributed by atoms with Gasteiger partial charge in [-0.25, -0.2) is 14.5 Å². The van der Waals surface area contributed by atoms with Gasteiger partial charge >= 0.3 is 12.2 Å². The molecule has 0 spiro atoms. The Kier molecular flexibility index (Phi) is 6.75. The highest BCUT2D eigenvalue weighted by Crippen LogP contribution is 2.43. The second kappa shape index (κ2) is 8.97. The van der Waals surface area contributed by atoms with E-state index in [9.17, 15) is 29.4 Å². The number of nitrogens with zero attached hydrogens (tertiary/aromatic N) is 2. The highest BCUT2D eigenvalue weighted by atomic mass is 16.6. The molecule has 2 heterocycles.